The maximum atomic E-state index is 15.0. The summed E-state index contributed by atoms with van der Waals surface area (Å²) in [5.74, 6) is -1.05. The van der Waals surface area contributed by atoms with Gasteiger partial charge >= 0.3 is 6.18 Å². The Kier molecular flexibility index (Phi) is 7.57. The van der Waals surface area contributed by atoms with Crippen LogP contribution in [0.25, 0.3) is 16.6 Å². The summed E-state index contributed by atoms with van der Waals surface area (Å²) in [4.78, 5) is 11.1. The molecule has 0 atom stereocenters. The van der Waals surface area contributed by atoms with E-state index in [4.69, 9.17) is 11.6 Å². The highest BCUT2D eigenvalue weighted by Gasteiger charge is 2.33. The van der Waals surface area contributed by atoms with Crippen molar-refractivity contribution in [1.82, 2.24) is 9.97 Å². The minimum Gasteiger partial charge on any atom is -0.360 e. The largest absolute Gasteiger partial charge is 0.417 e. The van der Waals surface area contributed by atoms with Crippen LogP contribution in [0.1, 0.15) is 47.6 Å². The van der Waals surface area contributed by atoms with Crippen molar-refractivity contribution in [3.8, 4) is 0 Å². The normalized spacial score (nSPS) is 15.6. The van der Waals surface area contributed by atoms with E-state index in [0.717, 1.165) is 57.4 Å². The van der Waals surface area contributed by atoms with E-state index in [2.05, 4.69) is 53.0 Å². The van der Waals surface area contributed by atoms with Gasteiger partial charge in [0.15, 0.2) is 11.6 Å². The fourth-order valence-electron chi connectivity index (χ4n) is 5.80. The number of H-pyrrole nitrogens is 1. The molecule has 210 valence electrons. The lowest BCUT2D eigenvalue weighted by atomic mass is 9.93. The summed E-state index contributed by atoms with van der Waals surface area (Å²) in [5, 5.41) is 1.62. The molecule has 2 aromatic carbocycles. The van der Waals surface area contributed by atoms with E-state index in [1.807, 2.05) is 26.2 Å². The number of benzene rings is 2. The number of hydrogen-bond acceptors (Lipinski definition) is 3. The third-order valence-corrected chi connectivity index (χ3v) is 8.15. The summed E-state index contributed by atoms with van der Waals surface area (Å²) in [7, 11) is 2.04. The molecule has 1 fully saturated rings. The van der Waals surface area contributed by atoms with E-state index in [1.54, 1.807) is 4.90 Å². The monoisotopic (exact) mass is 570 g/mol. The Balaban J connectivity index is 1.69. The Morgan fingerprint density at radius 3 is 2.62 bits per heavy atom. The molecule has 9 heteroatoms. The lowest BCUT2D eigenvalue weighted by Gasteiger charge is -2.35. The number of pyridine rings is 1. The smallest absolute Gasteiger partial charge is 0.360 e. The summed E-state index contributed by atoms with van der Waals surface area (Å²) in [6, 6.07) is 10.9. The first-order valence-electron chi connectivity index (χ1n) is 13.3. The first kappa shape index (κ1) is 28.0. The minimum absolute atomic E-state index is 0.0728. The van der Waals surface area contributed by atoms with Crippen LogP contribution in [-0.2, 0) is 12.6 Å². The van der Waals surface area contributed by atoms with Crippen molar-refractivity contribution in [1.29, 1.82) is 0 Å². The summed E-state index contributed by atoms with van der Waals surface area (Å²) in [6.45, 7) is 6.99. The van der Waals surface area contributed by atoms with Gasteiger partial charge in [0.1, 0.15) is 0 Å². The zero-order valence-corrected chi connectivity index (χ0v) is 23.6. The quantitative estimate of drug-likeness (QED) is 0.244. The maximum Gasteiger partial charge on any atom is 0.417 e. The molecule has 1 N–H and O–H groups in total. The molecule has 0 radical (unpaired) electrons. The zero-order valence-electron chi connectivity index (χ0n) is 22.9. The number of nitrogens with one attached hydrogen (secondary N) is 1. The van der Waals surface area contributed by atoms with E-state index >= 15 is 4.39 Å². The molecular formula is C31H31ClF4N4. The maximum absolute atomic E-state index is 15.0. The molecule has 4 nitrogen and oxygen atoms in total. The number of alkyl halides is 3. The van der Waals surface area contributed by atoms with Crippen molar-refractivity contribution in [2.24, 2.45) is 0 Å². The van der Waals surface area contributed by atoms with Crippen LogP contribution in [0.4, 0.5) is 29.1 Å². The fourth-order valence-corrected chi connectivity index (χ4v) is 6.01. The van der Waals surface area contributed by atoms with Crippen LogP contribution in [0.2, 0.25) is 5.02 Å². The molecule has 3 heterocycles. The van der Waals surface area contributed by atoms with Gasteiger partial charge in [-0.2, -0.15) is 13.2 Å². The Morgan fingerprint density at radius 2 is 1.93 bits per heavy atom. The van der Waals surface area contributed by atoms with Gasteiger partial charge in [-0.1, -0.05) is 36.7 Å². The van der Waals surface area contributed by atoms with Gasteiger partial charge in [0, 0.05) is 54.9 Å². The molecule has 0 saturated carbocycles. The highest BCUT2D eigenvalue weighted by molar-refractivity contribution is 6.36. The van der Waals surface area contributed by atoms with Gasteiger partial charge in [-0.15, -0.1) is 0 Å². The van der Waals surface area contributed by atoms with Crippen molar-refractivity contribution < 1.29 is 17.6 Å². The molecule has 1 aliphatic heterocycles. The molecule has 0 spiro atoms. The molecule has 0 bridgehead atoms. The molecule has 5 rings (SSSR count). The van der Waals surface area contributed by atoms with Crippen molar-refractivity contribution in [3.05, 3.63) is 93.0 Å². The van der Waals surface area contributed by atoms with Crippen molar-refractivity contribution in [2.75, 3.05) is 29.9 Å². The topological polar surface area (TPSA) is 35.2 Å². The Hall–Kier alpha value is -3.52. The SMILES string of the molecule is CCc1cccc(C)c1N(C)/C(=C1\CCCN(c2ncc(C(F)(F)F)cc2F)C1)c1cc(C)c(Cl)c2[nH]ccc12. The minimum atomic E-state index is -4.66. The van der Waals surface area contributed by atoms with Crippen LogP contribution < -0.4 is 9.80 Å². The van der Waals surface area contributed by atoms with Gasteiger partial charge in [-0.25, -0.2) is 9.37 Å². The molecule has 2 aromatic heterocycles. The van der Waals surface area contributed by atoms with Gasteiger partial charge in [-0.05, 0) is 73.6 Å². The first-order chi connectivity index (χ1) is 19.0. The number of rotatable bonds is 5. The Morgan fingerprint density at radius 1 is 1.15 bits per heavy atom. The second-order valence-electron chi connectivity index (χ2n) is 10.3. The molecule has 0 unspecified atom stereocenters. The fraction of sp³-hybridized carbons (Fsp3) is 0.323. The number of aryl methyl sites for hydroxylation is 3. The number of aromatic amines is 1. The number of piperidine rings is 1. The summed E-state index contributed by atoms with van der Waals surface area (Å²) >= 11 is 6.67. The second kappa shape index (κ2) is 10.8. The third kappa shape index (κ3) is 5.05. The number of halogens is 5. The molecule has 1 saturated heterocycles. The van der Waals surface area contributed by atoms with Crippen LogP contribution in [0.3, 0.4) is 0 Å². The van der Waals surface area contributed by atoms with Gasteiger partial charge < -0.3 is 14.8 Å². The third-order valence-electron chi connectivity index (χ3n) is 7.66. The van der Waals surface area contributed by atoms with Gasteiger partial charge in [0.2, 0.25) is 0 Å². The van der Waals surface area contributed by atoms with Gasteiger partial charge in [-0.3, -0.25) is 0 Å². The van der Waals surface area contributed by atoms with E-state index in [-0.39, 0.29) is 5.82 Å². The number of nitrogens with zero attached hydrogens (tertiary/aromatic N) is 3. The second-order valence-corrected chi connectivity index (χ2v) is 10.7. The van der Waals surface area contributed by atoms with Crippen LogP contribution >= 0.6 is 11.6 Å². The predicted molar refractivity (Wildman–Crippen MR) is 155 cm³/mol. The Labute approximate surface area is 236 Å². The van der Waals surface area contributed by atoms with E-state index in [9.17, 15) is 13.2 Å². The first-order valence-corrected chi connectivity index (χ1v) is 13.7. The van der Waals surface area contributed by atoms with Crippen LogP contribution in [-0.4, -0.2) is 30.1 Å². The van der Waals surface area contributed by atoms with Crippen molar-refractivity contribution in [3.63, 3.8) is 0 Å². The summed E-state index contributed by atoms with van der Waals surface area (Å²) in [6.07, 6.45) is 0.202. The molecule has 1 aliphatic rings. The van der Waals surface area contributed by atoms with Crippen LogP contribution in [0, 0.1) is 19.7 Å². The number of hydrogen-bond donors (Lipinski definition) is 1. The average Bonchev–Trinajstić information content (AvgIpc) is 3.41. The highest BCUT2D eigenvalue weighted by atomic mass is 35.5. The van der Waals surface area contributed by atoms with Gasteiger partial charge in [0.05, 0.1) is 16.1 Å². The number of fused-ring (bicyclic) bond motifs is 1. The molecule has 4 aromatic rings. The number of para-hydroxylation sites is 1. The van der Waals surface area contributed by atoms with Crippen molar-refractivity contribution in [2.45, 2.75) is 46.2 Å². The number of anilines is 2. The van der Waals surface area contributed by atoms with E-state index in [1.165, 1.54) is 5.56 Å². The van der Waals surface area contributed by atoms with Crippen LogP contribution in [0.5, 0.6) is 0 Å². The molecule has 0 amide bonds. The summed E-state index contributed by atoms with van der Waals surface area (Å²) in [5.41, 5.74) is 7.09. The lowest BCUT2D eigenvalue weighted by molar-refractivity contribution is -0.138. The molecular weight excluding hydrogens is 540 g/mol. The van der Waals surface area contributed by atoms with Crippen molar-refractivity contribution >= 4 is 39.7 Å². The highest BCUT2D eigenvalue weighted by Crippen LogP contribution is 2.41. The van der Waals surface area contributed by atoms with E-state index < -0.39 is 17.6 Å². The Bertz CT molecular complexity index is 1610. The van der Waals surface area contributed by atoms with E-state index in [0.29, 0.717) is 36.8 Å². The molecule has 0 aliphatic carbocycles. The number of aromatic nitrogens is 2. The standard InChI is InChI=1S/C31H31ClF4N4/c1-5-20-9-6-8-18(2)28(20)39(4)29(24-14-19(3)26(32)27-23(24)11-12-37-27)21-10-7-13-40(17-21)30-25(33)15-22(16-38-30)31(34,35)36/h6,8-9,11-12,14-16,37H,5,7,10,13,17H2,1-4H3/b29-21+. The summed E-state index contributed by atoms with van der Waals surface area (Å²) < 4.78 is 54.5. The predicted octanol–water partition coefficient (Wildman–Crippen LogP) is 8.70. The average molecular weight is 571 g/mol. The van der Waals surface area contributed by atoms with Crippen LogP contribution in [0.15, 0.2) is 54.4 Å². The zero-order chi connectivity index (χ0) is 28.8. The lowest BCUT2D eigenvalue weighted by Crippen LogP contribution is -2.35. The molecule has 40 heavy (non-hydrogen) atoms. The van der Waals surface area contributed by atoms with Gasteiger partial charge in [0.25, 0.3) is 0 Å².